The standard InChI is InChI=1S/C16H18N2OS/c1-19-15-5-3-2-4-12(15)11-18-8-9-20-16-7-6-13(17)10-14(16)18/h2-7,10H,8-9,11,17H2,1H3. The van der Waals surface area contributed by atoms with Gasteiger partial charge in [-0.1, -0.05) is 18.2 Å². The SMILES string of the molecule is COc1ccccc1CN1CCSc2ccc(N)cc21. The van der Waals surface area contributed by atoms with Gasteiger partial charge < -0.3 is 15.4 Å². The predicted molar refractivity (Wildman–Crippen MR) is 85.6 cm³/mol. The van der Waals surface area contributed by atoms with E-state index in [2.05, 4.69) is 29.2 Å². The third-order valence-electron chi connectivity index (χ3n) is 3.50. The Labute approximate surface area is 123 Å². The van der Waals surface area contributed by atoms with Gasteiger partial charge in [0.2, 0.25) is 0 Å². The molecule has 0 amide bonds. The van der Waals surface area contributed by atoms with Crippen molar-refractivity contribution in [2.75, 3.05) is 30.0 Å². The number of hydrogen-bond donors (Lipinski definition) is 1. The lowest BCUT2D eigenvalue weighted by Crippen LogP contribution is -2.28. The molecular weight excluding hydrogens is 268 g/mol. The molecule has 0 fully saturated rings. The van der Waals surface area contributed by atoms with Crippen molar-refractivity contribution < 1.29 is 4.74 Å². The molecule has 1 heterocycles. The molecule has 2 aromatic rings. The van der Waals surface area contributed by atoms with Crippen molar-refractivity contribution in [2.45, 2.75) is 11.4 Å². The molecular formula is C16H18N2OS. The van der Waals surface area contributed by atoms with Gasteiger partial charge in [-0.25, -0.2) is 0 Å². The van der Waals surface area contributed by atoms with E-state index < -0.39 is 0 Å². The molecule has 0 aliphatic carbocycles. The van der Waals surface area contributed by atoms with Crippen LogP contribution in [0.2, 0.25) is 0 Å². The van der Waals surface area contributed by atoms with Crippen LogP contribution in [0.1, 0.15) is 5.56 Å². The maximum Gasteiger partial charge on any atom is 0.123 e. The van der Waals surface area contributed by atoms with Crippen LogP contribution in [0.3, 0.4) is 0 Å². The van der Waals surface area contributed by atoms with Crippen LogP contribution in [0.4, 0.5) is 11.4 Å². The number of ether oxygens (including phenoxy) is 1. The first-order chi connectivity index (χ1) is 9.78. The summed E-state index contributed by atoms with van der Waals surface area (Å²) in [5.74, 6) is 2.04. The summed E-state index contributed by atoms with van der Waals surface area (Å²) in [6.07, 6.45) is 0. The van der Waals surface area contributed by atoms with Gasteiger partial charge in [-0.15, -0.1) is 11.8 Å². The van der Waals surface area contributed by atoms with Crippen LogP contribution >= 0.6 is 11.8 Å². The van der Waals surface area contributed by atoms with Gasteiger partial charge in [-0.05, 0) is 24.3 Å². The molecule has 2 aromatic carbocycles. The molecule has 20 heavy (non-hydrogen) atoms. The smallest absolute Gasteiger partial charge is 0.123 e. The van der Waals surface area contributed by atoms with Gasteiger partial charge in [0, 0.05) is 35.0 Å². The molecule has 3 rings (SSSR count). The minimum atomic E-state index is 0.816. The number of thioether (sulfide) groups is 1. The first-order valence-corrected chi connectivity index (χ1v) is 7.65. The van der Waals surface area contributed by atoms with Gasteiger partial charge in [-0.2, -0.15) is 0 Å². The van der Waals surface area contributed by atoms with E-state index in [0.29, 0.717) is 0 Å². The summed E-state index contributed by atoms with van der Waals surface area (Å²) in [5.41, 5.74) is 9.18. The van der Waals surface area contributed by atoms with Gasteiger partial charge >= 0.3 is 0 Å². The minimum Gasteiger partial charge on any atom is -0.496 e. The Morgan fingerprint density at radius 1 is 1.25 bits per heavy atom. The Morgan fingerprint density at radius 2 is 2.10 bits per heavy atom. The Kier molecular flexibility index (Phi) is 3.74. The van der Waals surface area contributed by atoms with Crippen LogP contribution < -0.4 is 15.4 Å². The second kappa shape index (κ2) is 5.67. The Balaban J connectivity index is 1.91. The highest BCUT2D eigenvalue weighted by Gasteiger charge is 2.18. The van der Waals surface area contributed by atoms with E-state index in [4.69, 9.17) is 10.5 Å². The van der Waals surface area contributed by atoms with Gasteiger partial charge in [0.1, 0.15) is 5.75 Å². The highest BCUT2D eigenvalue weighted by Crippen LogP contribution is 2.37. The lowest BCUT2D eigenvalue weighted by molar-refractivity contribution is 0.409. The van der Waals surface area contributed by atoms with Gasteiger partial charge in [0.15, 0.2) is 0 Å². The Bertz CT molecular complexity index is 615. The number of nitrogens with zero attached hydrogens (tertiary/aromatic N) is 1. The van der Waals surface area contributed by atoms with Crippen molar-refractivity contribution >= 4 is 23.1 Å². The fourth-order valence-corrected chi connectivity index (χ4v) is 3.53. The Morgan fingerprint density at radius 3 is 2.95 bits per heavy atom. The summed E-state index contributed by atoms with van der Waals surface area (Å²) < 4.78 is 5.44. The Hall–Kier alpha value is -1.81. The van der Waals surface area contributed by atoms with Crippen LogP contribution in [0.25, 0.3) is 0 Å². The molecule has 4 heteroatoms. The van der Waals surface area contributed by atoms with Crippen molar-refractivity contribution in [1.82, 2.24) is 0 Å². The first-order valence-electron chi connectivity index (χ1n) is 6.67. The number of fused-ring (bicyclic) bond motifs is 1. The fraction of sp³-hybridized carbons (Fsp3) is 0.250. The average molecular weight is 286 g/mol. The van der Waals surface area contributed by atoms with Gasteiger partial charge in [-0.3, -0.25) is 0 Å². The zero-order chi connectivity index (χ0) is 13.9. The number of para-hydroxylation sites is 1. The summed E-state index contributed by atoms with van der Waals surface area (Å²) in [7, 11) is 1.72. The monoisotopic (exact) mass is 286 g/mol. The zero-order valence-corrected chi connectivity index (χ0v) is 12.3. The molecule has 1 aliphatic rings. The molecule has 0 unspecified atom stereocenters. The molecule has 0 bridgehead atoms. The largest absolute Gasteiger partial charge is 0.496 e. The predicted octanol–water partition coefficient (Wildman–Crippen LogP) is 3.39. The minimum absolute atomic E-state index is 0.816. The van der Waals surface area contributed by atoms with E-state index in [1.165, 1.54) is 16.1 Å². The maximum atomic E-state index is 5.93. The molecule has 2 N–H and O–H groups in total. The van der Waals surface area contributed by atoms with Crippen molar-refractivity contribution in [2.24, 2.45) is 0 Å². The summed E-state index contributed by atoms with van der Waals surface area (Å²) in [5, 5.41) is 0. The molecule has 0 radical (unpaired) electrons. The number of nitrogen functional groups attached to an aromatic ring is 1. The molecule has 1 aliphatic heterocycles. The molecule has 0 saturated heterocycles. The van der Waals surface area contributed by atoms with E-state index >= 15 is 0 Å². The lowest BCUT2D eigenvalue weighted by Gasteiger charge is -2.31. The third-order valence-corrected chi connectivity index (χ3v) is 4.54. The van der Waals surface area contributed by atoms with E-state index in [0.717, 1.165) is 30.3 Å². The van der Waals surface area contributed by atoms with E-state index in [-0.39, 0.29) is 0 Å². The number of rotatable bonds is 3. The van der Waals surface area contributed by atoms with Crippen molar-refractivity contribution in [3.63, 3.8) is 0 Å². The summed E-state index contributed by atoms with van der Waals surface area (Å²) in [6, 6.07) is 14.3. The molecule has 0 atom stereocenters. The number of hydrogen-bond acceptors (Lipinski definition) is 4. The summed E-state index contributed by atoms with van der Waals surface area (Å²) in [6.45, 7) is 1.88. The van der Waals surface area contributed by atoms with Gasteiger partial charge in [0.05, 0.1) is 12.8 Å². The van der Waals surface area contributed by atoms with Crippen LogP contribution in [0.15, 0.2) is 47.4 Å². The van der Waals surface area contributed by atoms with E-state index in [9.17, 15) is 0 Å². The maximum absolute atomic E-state index is 5.93. The number of methoxy groups -OCH3 is 1. The second-order valence-corrected chi connectivity index (χ2v) is 5.95. The highest BCUT2D eigenvalue weighted by atomic mass is 32.2. The van der Waals surface area contributed by atoms with Crippen molar-refractivity contribution in [3.8, 4) is 5.75 Å². The zero-order valence-electron chi connectivity index (χ0n) is 11.5. The van der Waals surface area contributed by atoms with Crippen LogP contribution in [0.5, 0.6) is 5.75 Å². The van der Waals surface area contributed by atoms with Crippen LogP contribution in [-0.2, 0) is 6.54 Å². The molecule has 0 saturated carbocycles. The fourth-order valence-electron chi connectivity index (χ4n) is 2.49. The molecule has 0 aromatic heterocycles. The highest BCUT2D eigenvalue weighted by molar-refractivity contribution is 7.99. The average Bonchev–Trinajstić information content (AvgIpc) is 2.48. The van der Waals surface area contributed by atoms with Crippen LogP contribution in [-0.4, -0.2) is 19.4 Å². The number of benzene rings is 2. The number of nitrogens with two attached hydrogens (primary N) is 1. The third kappa shape index (κ3) is 2.56. The lowest BCUT2D eigenvalue weighted by atomic mass is 10.1. The summed E-state index contributed by atoms with van der Waals surface area (Å²) in [4.78, 5) is 3.68. The van der Waals surface area contributed by atoms with E-state index in [1.54, 1.807) is 7.11 Å². The number of anilines is 2. The molecule has 3 nitrogen and oxygen atoms in total. The summed E-state index contributed by atoms with van der Waals surface area (Å²) >= 11 is 1.89. The van der Waals surface area contributed by atoms with Crippen LogP contribution in [0, 0.1) is 0 Å². The van der Waals surface area contributed by atoms with Gasteiger partial charge in [0.25, 0.3) is 0 Å². The normalized spacial score (nSPS) is 13.9. The van der Waals surface area contributed by atoms with Crippen molar-refractivity contribution in [3.05, 3.63) is 48.0 Å². The quantitative estimate of drug-likeness (QED) is 0.878. The molecule has 0 spiro atoms. The van der Waals surface area contributed by atoms with Crippen molar-refractivity contribution in [1.29, 1.82) is 0 Å². The van der Waals surface area contributed by atoms with E-state index in [1.807, 2.05) is 30.0 Å². The second-order valence-electron chi connectivity index (χ2n) is 4.81. The first kappa shape index (κ1) is 13.2. The molecule has 104 valence electrons. The topological polar surface area (TPSA) is 38.5 Å².